The highest BCUT2D eigenvalue weighted by Crippen LogP contribution is 2.34. The van der Waals surface area contributed by atoms with Gasteiger partial charge in [0.1, 0.15) is 11.6 Å². The van der Waals surface area contributed by atoms with Crippen molar-refractivity contribution in [3.05, 3.63) is 76.6 Å². The minimum atomic E-state index is -0.447. The average Bonchev–Trinajstić information content (AvgIpc) is 2.60. The number of nitrogens with one attached hydrogen (secondary N) is 1. The fourth-order valence-electron chi connectivity index (χ4n) is 3.50. The van der Waals surface area contributed by atoms with Gasteiger partial charge in [0, 0.05) is 6.42 Å². The largest absolute Gasteiger partial charge is 0.368 e. The van der Waals surface area contributed by atoms with Crippen LogP contribution in [0.15, 0.2) is 42.5 Å². The molecule has 1 aromatic heterocycles. The van der Waals surface area contributed by atoms with E-state index in [0.717, 1.165) is 0 Å². The van der Waals surface area contributed by atoms with Crippen LogP contribution < -0.4 is 11.1 Å². The van der Waals surface area contributed by atoms with E-state index in [1.807, 2.05) is 0 Å². The number of carbonyl (C=O) groups excluding carboxylic acids is 1. The van der Waals surface area contributed by atoms with Gasteiger partial charge in [0.2, 0.25) is 5.95 Å². The zero-order chi connectivity index (χ0) is 19.1. The molecule has 0 fully saturated rings. The first-order valence-corrected chi connectivity index (χ1v) is 8.41. The van der Waals surface area contributed by atoms with Crippen LogP contribution in [0.1, 0.15) is 33.4 Å². The molecule has 5 nitrogen and oxygen atoms in total. The van der Waals surface area contributed by atoms with Gasteiger partial charge < -0.3 is 11.1 Å². The molecule has 1 unspecified atom stereocenters. The molecule has 1 amide bonds. The summed E-state index contributed by atoms with van der Waals surface area (Å²) >= 11 is 0. The molecule has 1 aliphatic heterocycles. The highest BCUT2D eigenvalue weighted by atomic mass is 19.1. The van der Waals surface area contributed by atoms with E-state index in [2.05, 4.69) is 15.3 Å². The Morgan fingerprint density at radius 2 is 1.89 bits per heavy atom. The van der Waals surface area contributed by atoms with Crippen molar-refractivity contribution in [1.82, 2.24) is 15.3 Å². The molecule has 0 bridgehead atoms. The molecule has 0 saturated carbocycles. The molecule has 0 aliphatic carbocycles. The van der Waals surface area contributed by atoms with E-state index in [1.165, 1.54) is 24.3 Å². The molecule has 0 spiro atoms. The maximum atomic E-state index is 13.9. The number of aromatic nitrogens is 2. The van der Waals surface area contributed by atoms with Crippen LogP contribution in [-0.4, -0.2) is 15.9 Å². The van der Waals surface area contributed by atoms with Crippen LogP contribution >= 0.6 is 0 Å². The van der Waals surface area contributed by atoms with E-state index in [1.54, 1.807) is 25.1 Å². The standard InChI is InChI=1S/C20H16F2N4O/c1-10-18-17(26-20(23)24-10)9-16(25-19(18)27)14-6-5-13(22)8-15(14)11-3-2-4-12(21)7-11/h2-8,16H,9H2,1H3,(H,25,27)(H2,23,24,26). The molecule has 136 valence electrons. The summed E-state index contributed by atoms with van der Waals surface area (Å²) in [6.45, 7) is 1.70. The van der Waals surface area contributed by atoms with Gasteiger partial charge in [-0.25, -0.2) is 18.7 Å². The summed E-state index contributed by atoms with van der Waals surface area (Å²) in [7, 11) is 0. The number of halogens is 2. The van der Waals surface area contributed by atoms with Crippen LogP contribution in [-0.2, 0) is 6.42 Å². The summed E-state index contributed by atoms with van der Waals surface area (Å²) in [5.41, 5.74) is 8.92. The van der Waals surface area contributed by atoms with Crippen molar-refractivity contribution in [2.75, 3.05) is 5.73 Å². The summed E-state index contributed by atoms with van der Waals surface area (Å²) in [5, 5.41) is 2.92. The zero-order valence-corrected chi connectivity index (χ0v) is 14.5. The first kappa shape index (κ1) is 17.1. The molecule has 7 heteroatoms. The van der Waals surface area contributed by atoms with E-state index in [4.69, 9.17) is 5.73 Å². The first-order valence-electron chi connectivity index (χ1n) is 8.41. The molecule has 3 N–H and O–H groups in total. The van der Waals surface area contributed by atoms with E-state index in [-0.39, 0.29) is 11.9 Å². The number of fused-ring (bicyclic) bond motifs is 1. The highest BCUT2D eigenvalue weighted by molar-refractivity contribution is 5.98. The number of hydrogen-bond acceptors (Lipinski definition) is 4. The SMILES string of the molecule is Cc1nc(N)nc2c1C(=O)NC(c1ccc(F)cc1-c1cccc(F)c1)C2. The second kappa shape index (κ2) is 6.42. The smallest absolute Gasteiger partial charge is 0.255 e. The Morgan fingerprint density at radius 1 is 1.11 bits per heavy atom. The Morgan fingerprint density at radius 3 is 2.67 bits per heavy atom. The Labute approximate surface area is 154 Å². The maximum Gasteiger partial charge on any atom is 0.255 e. The summed E-state index contributed by atoms with van der Waals surface area (Å²) in [6, 6.07) is 9.73. The number of anilines is 1. The fraction of sp³-hybridized carbons (Fsp3) is 0.150. The number of nitrogens with two attached hydrogens (primary N) is 1. The zero-order valence-electron chi connectivity index (χ0n) is 14.5. The molecule has 4 rings (SSSR count). The van der Waals surface area contributed by atoms with Crippen molar-refractivity contribution in [3.63, 3.8) is 0 Å². The van der Waals surface area contributed by atoms with Crippen LogP contribution in [0.3, 0.4) is 0 Å². The molecule has 27 heavy (non-hydrogen) atoms. The average molecular weight is 366 g/mol. The fourth-order valence-corrected chi connectivity index (χ4v) is 3.50. The number of rotatable bonds is 2. The Hall–Kier alpha value is -3.35. The van der Waals surface area contributed by atoms with Crippen molar-refractivity contribution in [1.29, 1.82) is 0 Å². The normalized spacial score (nSPS) is 16.0. The lowest BCUT2D eigenvalue weighted by atomic mass is 9.89. The molecule has 3 aromatic rings. The number of benzene rings is 2. The van der Waals surface area contributed by atoms with Crippen molar-refractivity contribution in [2.24, 2.45) is 0 Å². The molecule has 2 aromatic carbocycles. The van der Waals surface area contributed by atoms with Gasteiger partial charge in [-0.2, -0.15) is 0 Å². The first-order chi connectivity index (χ1) is 12.9. The van der Waals surface area contributed by atoms with Gasteiger partial charge in [0.15, 0.2) is 0 Å². The number of amides is 1. The van der Waals surface area contributed by atoms with Crippen molar-refractivity contribution in [3.8, 4) is 11.1 Å². The summed E-state index contributed by atoms with van der Waals surface area (Å²) < 4.78 is 27.6. The molecule has 0 radical (unpaired) electrons. The number of nitrogen functional groups attached to an aromatic ring is 1. The lowest BCUT2D eigenvalue weighted by Crippen LogP contribution is -2.37. The number of hydrogen-bond donors (Lipinski definition) is 2. The van der Waals surface area contributed by atoms with Crippen LogP contribution in [0.5, 0.6) is 0 Å². The monoisotopic (exact) mass is 366 g/mol. The topological polar surface area (TPSA) is 80.9 Å². The minimum absolute atomic E-state index is 0.101. The van der Waals surface area contributed by atoms with E-state index < -0.39 is 17.7 Å². The summed E-state index contributed by atoms with van der Waals surface area (Å²) in [6.07, 6.45) is 0.378. The number of aryl methyl sites for hydroxylation is 1. The van der Waals surface area contributed by atoms with E-state index >= 15 is 0 Å². The summed E-state index contributed by atoms with van der Waals surface area (Å²) in [5.74, 6) is -1.07. The van der Waals surface area contributed by atoms with Gasteiger partial charge in [-0.3, -0.25) is 4.79 Å². The van der Waals surface area contributed by atoms with Gasteiger partial charge in [-0.1, -0.05) is 18.2 Å². The summed E-state index contributed by atoms with van der Waals surface area (Å²) in [4.78, 5) is 20.8. The van der Waals surface area contributed by atoms with Gasteiger partial charge >= 0.3 is 0 Å². The molecule has 1 aliphatic rings. The maximum absolute atomic E-state index is 13.9. The molecular formula is C20H16F2N4O. The van der Waals surface area contributed by atoms with Gasteiger partial charge in [0.25, 0.3) is 5.91 Å². The second-order valence-corrected chi connectivity index (χ2v) is 6.46. The highest BCUT2D eigenvalue weighted by Gasteiger charge is 2.30. The Bertz CT molecular complexity index is 1070. The molecule has 1 atom stereocenters. The molecular weight excluding hydrogens is 350 g/mol. The molecule has 2 heterocycles. The lowest BCUT2D eigenvalue weighted by molar-refractivity contribution is 0.0922. The second-order valence-electron chi connectivity index (χ2n) is 6.46. The third-order valence-corrected chi connectivity index (χ3v) is 4.64. The quantitative estimate of drug-likeness (QED) is 0.729. The van der Waals surface area contributed by atoms with E-state index in [0.29, 0.717) is 40.1 Å². The third kappa shape index (κ3) is 3.12. The van der Waals surface area contributed by atoms with Crippen molar-refractivity contribution < 1.29 is 13.6 Å². The predicted molar refractivity (Wildman–Crippen MR) is 96.9 cm³/mol. The third-order valence-electron chi connectivity index (χ3n) is 4.64. The number of nitrogens with zero attached hydrogens (tertiary/aromatic N) is 2. The number of carbonyl (C=O) groups is 1. The van der Waals surface area contributed by atoms with Gasteiger partial charge in [0.05, 0.1) is 23.0 Å². The van der Waals surface area contributed by atoms with Crippen molar-refractivity contribution >= 4 is 11.9 Å². The van der Waals surface area contributed by atoms with Crippen LogP contribution in [0.4, 0.5) is 14.7 Å². The van der Waals surface area contributed by atoms with E-state index in [9.17, 15) is 13.6 Å². The minimum Gasteiger partial charge on any atom is -0.368 e. The van der Waals surface area contributed by atoms with Crippen LogP contribution in [0, 0.1) is 18.6 Å². The van der Waals surface area contributed by atoms with Gasteiger partial charge in [-0.15, -0.1) is 0 Å². The Kier molecular flexibility index (Phi) is 4.07. The predicted octanol–water partition coefficient (Wildman–Crippen LogP) is 3.34. The van der Waals surface area contributed by atoms with Crippen molar-refractivity contribution in [2.45, 2.75) is 19.4 Å². The Balaban J connectivity index is 1.82. The van der Waals surface area contributed by atoms with Crippen LogP contribution in [0.25, 0.3) is 11.1 Å². The lowest BCUT2D eigenvalue weighted by Gasteiger charge is -2.27. The molecule has 0 saturated heterocycles. The van der Waals surface area contributed by atoms with Gasteiger partial charge in [-0.05, 0) is 47.9 Å². The van der Waals surface area contributed by atoms with Crippen LogP contribution in [0.2, 0.25) is 0 Å².